The maximum atomic E-state index is 5.36. The highest BCUT2D eigenvalue weighted by Crippen LogP contribution is 2.36. The molecule has 2 aromatic rings. The Morgan fingerprint density at radius 3 is 2.29 bits per heavy atom. The first kappa shape index (κ1) is 16.8. The van der Waals surface area contributed by atoms with Crippen LogP contribution in [0.5, 0.6) is 5.75 Å². The van der Waals surface area contributed by atoms with Gasteiger partial charge in [0.2, 0.25) is 0 Å². The molecule has 21 heavy (non-hydrogen) atoms. The lowest BCUT2D eigenvalue weighted by molar-refractivity contribution is 0.412. The number of hydrogen-bond donors (Lipinski definition) is 1. The summed E-state index contributed by atoms with van der Waals surface area (Å²) in [6, 6.07) is 12.6. The second-order valence-corrected chi connectivity index (χ2v) is 7.25. The fourth-order valence-electron chi connectivity index (χ4n) is 2.10. The lowest BCUT2D eigenvalue weighted by Crippen LogP contribution is -2.10. The molecule has 0 aliphatic heterocycles. The molecule has 0 radical (unpaired) electrons. The fourth-order valence-corrected chi connectivity index (χ4v) is 3.63. The Labute approximate surface area is 150 Å². The van der Waals surface area contributed by atoms with Crippen molar-refractivity contribution in [1.82, 2.24) is 0 Å². The van der Waals surface area contributed by atoms with E-state index in [1.165, 1.54) is 5.56 Å². The van der Waals surface area contributed by atoms with Crippen molar-refractivity contribution >= 4 is 53.5 Å². The zero-order chi connectivity index (χ0) is 15.4. The van der Waals surface area contributed by atoms with Crippen molar-refractivity contribution < 1.29 is 4.74 Å². The molecule has 2 aromatic carbocycles. The minimum Gasteiger partial charge on any atom is -0.495 e. The van der Waals surface area contributed by atoms with E-state index >= 15 is 0 Å². The summed E-state index contributed by atoms with van der Waals surface area (Å²) in [7, 11) is 1.67. The van der Waals surface area contributed by atoms with E-state index in [2.05, 4.69) is 84.3 Å². The van der Waals surface area contributed by atoms with Gasteiger partial charge in [0.25, 0.3) is 0 Å². The quantitative estimate of drug-likeness (QED) is 0.527. The molecule has 0 aromatic heterocycles. The molecule has 1 atom stereocenters. The zero-order valence-electron chi connectivity index (χ0n) is 11.8. The Hall–Kier alpha value is -0.520. The molecule has 0 aliphatic carbocycles. The summed E-state index contributed by atoms with van der Waals surface area (Å²) in [5.41, 5.74) is 2.28. The number of benzene rings is 2. The van der Waals surface area contributed by atoms with Gasteiger partial charge in [-0.3, -0.25) is 0 Å². The predicted octanol–water partition coefficient (Wildman–Crippen LogP) is 6.55. The third kappa shape index (κ3) is 4.24. The van der Waals surface area contributed by atoms with Crippen LogP contribution in [0.1, 0.15) is 24.9 Å². The van der Waals surface area contributed by atoms with Gasteiger partial charge in [-0.2, -0.15) is 0 Å². The van der Waals surface area contributed by atoms with Crippen molar-refractivity contribution in [3.05, 3.63) is 55.4 Å². The highest BCUT2D eigenvalue weighted by molar-refractivity contribution is 9.11. The van der Waals surface area contributed by atoms with Gasteiger partial charge in [0.15, 0.2) is 0 Å². The lowest BCUT2D eigenvalue weighted by Gasteiger charge is -2.21. The van der Waals surface area contributed by atoms with Crippen LogP contribution in [0.15, 0.2) is 49.8 Å². The molecular weight excluding hydrogens is 462 g/mol. The maximum Gasteiger partial charge on any atom is 0.135 e. The number of hydrogen-bond acceptors (Lipinski definition) is 2. The zero-order valence-corrected chi connectivity index (χ0v) is 16.5. The van der Waals surface area contributed by atoms with E-state index < -0.39 is 0 Å². The Kier molecular flexibility index (Phi) is 6.14. The first-order valence-electron chi connectivity index (χ1n) is 6.60. The molecular formula is C16H16Br3NO. The summed E-state index contributed by atoms with van der Waals surface area (Å²) in [4.78, 5) is 0. The van der Waals surface area contributed by atoms with E-state index in [9.17, 15) is 0 Å². The van der Waals surface area contributed by atoms with Crippen LogP contribution in [0.3, 0.4) is 0 Å². The Morgan fingerprint density at radius 2 is 1.71 bits per heavy atom. The maximum absolute atomic E-state index is 5.36. The topological polar surface area (TPSA) is 21.3 Å². The standard InChI is InChI=1S/C16H16Br3NO/c1-3-14(10-4-6-11(17)7-5-10)20-15-9-16(21-2)13(19)8-12(15)18/h4-9,14,20H,3H2,1-2H3. The van der Waals surface area contributed by atoms with Gasteiger partial charge >= 0.3 is 0 Å². The van der Waals surface area contributed by atoms with Crippen LogP contribution in [0.25, 0.3) is 0 Å². The second-order valence-electron chi connectivity index (χ2n) is 4.62. The van der Waals surface area contributed by atoms with Crippen molar-refractivity contribution in [3.8, 4) is 5.75 Å². The van der Waals surface area contributed by atoms with Crippen LogP contribution in [0.4, 0.5) is 5.69 Å². The lowest BCUT2D eigenvalue weighted by atomic mass is 10.0. The molecule has 5 heteroatoms. The summed E-state index contributed by atoms with van der Waals surface area (Å²) in [6.07, 6.45) is 0.993. The van der Waals surface area contributed by atoms with Crippen LogP contribution < -0.4 is 10.1 Å². The van der Waals surface area contributed by atoms with E-state index in [1.54, 1.807) is 7.11 Å². The third-order valence-electron chi connectivity index (χ3n) is 3.25. The molecule has 0 saturated heterocycles. The van der Waals surface area contributed by atoms with Gasteiger partial charge in [-0.25, -0.2) is 0 Å². The monoisotopic (exact) mass is 475 g/mol. The van der Waals surface area contributed by atoms with E-state index in [-0.39, 0.29) is 6.04 Å². The molecule has 1 N–H and O–H groups in total. The van der Waals surface area contributed by atoms with Crippen molar-refractivity contribution in [1.29, 1.82) is 0 Å². The number of methoxy groups -OCH3 is 1. The first-order chi connectivity index (χ1) is 10.0. The van der Waals surface area contributed by atoms with Gasteiger partial charge in [0, 0.05) is 15.0 Å². The molecule has 112 valence electrons. The predicted molar refractivity (Wildman–Crippen MR) is 99.2 cm³/mol. The van der Waals surface area contributed by atoms with E-state index in [0.29, 0.717) is 0 Å². The van der Waals surface area contributed by atoms with Gasteiger partial charge in [0.1, 0.15) is 5.75 Å². The van der Waals surface area contributed by atoms with Crippen LogP contribution in [-0.4, -0.2) is 7.11 Å². The Bertz CT molecular complexity index is 614. The smallest absolute Gasteiger partial charge is 0.135 e. The van der Waals surface area contributed by atoms with Gasteiger partial charge in [-0.05, 0) is 62.0 Å². The molecule has 0 saturated carbocycles. The second kappa shape index (κ2) is 7.65. The molecule has 2 rings (SSSR count). The summed E-state index contributed by atoms with van der Waals surface area (Å²) < 4.78 is 8.39. The molecule has 1 unspecified atom stereocenters. The summed E-state index contributed by atoms with van der Waals surface area (Å²) in [5.74, 6) is 0.811. The van der Waals surface area contributed by atoms with Crippen LogP contribution >= 0.6 is 47.8 Å². The number of ether oxygens (including phenoxy) is 1. The van der Waals surface area contributed by atoms with Crippen molar-refractivity contribution in [2.24, 2.45) is 0 Å². The highest BCUT2D eigenvalue weighted by Gasteiger charge is 2.13. The average Bonchev–Trinajstić information content (AvgIpc) is 2.48. The first-order valence-corrected chi connectivity index (χ1v) is 8.98. The van der Waals surface area contributed by atoms with Crippen LogP contribution in [0.2, 0.25) is 0 Å². The molecule has 0 aliphatic rings. The Morgan fingerprint density at radius 1 is 1.05 bits per heavy atom. The number of anilines is 1. The minimum atomic E-state index is 0.250. The molecule has 0 spiro atoms. The van der Waals surface area contributed by atoms with Gasteiger partial charge < -0.3 is 10.1 Å². The van der Waals surface area contributed by atoms with E-state index in [1.807, 2.05) is 12.1 Å². The number of nitrogens with one attached hydrogen (secondary N) is 1. The van der Waals surface area contributed by atoms with Crippen molar-refractivity contribution in [3.63, 3.8) is 0 Å². The van der Waals surface area contributed by atoms with Gasteiger partial charge in [-0.15, -0.1) is 0 Å². The van der Waals surface area contributed by atoms with Gasteiger partial charge in [-0.1, -0.05) is 35.0 Å². The number of rotatable bonds is 5. The Balaban J connectivity index is 2.28. The van der Waals surface area contributed by atoms with E-state index in [0.717, 1.165) is 31.3 Å². The SMILES string of the molecule is CCC(Nc1cc(OC)c(Br)cc1Br)c1ccc(Br)cc1. The van der Waals surface area contributed by atoms with Crippen LogP contribution in [-0.2, 0) is 0 Å². The third-order valence-corrected chi connectivity index (χ3v) is 5.06. The van der Waals surface area contributed by atoms with E-state index in [4.69, 9.17) is 4.74 Å². The normalized spacial score (nSPS) is 12.0. The van der Waals surface area contributed by atoms with Gasteiger partial charge in [0.05, 0.1) is 23.3 Å². The fraction of sp³-hybridized carbons (Fsp3) is 0.250. The van der Waals surface area contributed by atoms with Crippen LogP contribution in [0, 0.1) is 0 Å². The summed E-state index contributed by atoms with van der Waals surface area (Å²) in [6.45, 7) is 2.17. The van der Waals surface area contributed by atoms with Crippen molar-refractivity contribution in [2.75, 3.05) is 12.4 Å². The minimum absolute atomic E-state index is 0.250. The summed E-state index contributed by atoms with van der Waals surface area (Å²) >= 11 is 10.6. The summed E-state index contributed by atoms with van der Waals surface area (Å²) in [5, 5.41) is 3.57. The molecule has 0 fully saturated rings. The average molecular weight is 478 g/mol. The number of halogens is 3. The molecule has 2 nitrogen and oxygen atoms in total. The largest absolute Gasteiger partial charge is 0.495 e. The molecule has 0 amide bonds. The molecule has 0 heterocycles. The van der Waals surface area contributed by atoms with Crippen molar-refractivity contribution in [2.45, 2.75) is 19.4 Å². The highest BCUT2D eigenvalue weighted by atomic mass is 79.9. The molecule has 0 bridgehead atoms.